The predicted octanol–water partition coefficient (Wildman–Crippen LogP) is 0.558. The Hall–Kier alpha value is -1.40. The van der Waals surface area contributed by atoms with E-state index in [1.54, 1.807) is 33.7 Å². The zero-order valence-electron chi connectivity index (χ0n) is 9.77. The Balaban J connectivity index is 2.40. The van der Waals surface area contributed by atoms with E-state index in [-0.39, 0.29) is 6.10 Å². The van der Waals surface area contributed by atoms with E-state index >= 15 is 0 Å². The molecule has 1 atom stereocenters. The van der Waals surface area contributed by atoms with Crippen LogP contribution in [0.15, 0.2) is 12.4 Å². The highest BCUT2D eigenvalue weighted by atomic mass is 16.5. The first-order valence-electron chi connectivity index (χ1n) is 4.91. The van der Waals surface area contributed by atoms with E-state index < -0.39 is 0 Å². The van der Waals surface area contributed by atoms with Gasteiger partial charge in [0.2, 0.25) is 5.95 Å². The average molecular weight is 227 g/mol. The molecule has 1 heterocycles. The summed E-state index contributed by atoms with van der Waals surface area (Å²) in [4.78, 5) is 8.14. The van der Waals surface area contributed by atoms with E-state index in [0.717, 1.165) is 0 Å². The van der Waals surface area contributed by atoms with E-state index in [2.05, 4.69) is 15.3 Å². The van der Waals surface area contributed by atoms with E-state index in [4.69, 9.17) is 14.2 Å². The lowest BCUT2D eigenvalue weighted by Crippen LogP contribution is -2.27. The zero-order valence-corrected chi connectivity index (χ0v) is 9.77. The van der Waals surface area contributed by atoms with Gasteiger partial charge < -0.3 is 19.5 Å². The van der Waals surface area contributed by atoms with Crippen molar-refractivity contribution >= 4 is 5.95 Å². The third-order valence-electron chi connectivity index (χ3n) is 2.04. The lowest BCUT2D eigenvalue weighted by atomic mass is 10.4. The summed E-state index contributed by atoms with van der Waals surface area (Å²) in [5.74, 6) is 1.17. The Morgan fingerprint density at radius 3 is 2.44 bits per heavy atom. The number of nitrogens with one attached hydrogen (secondary N) is 1. The summed E-state index contributed by atoms with van der Waals surface area (Å²) in [6, 6.07) is 0. The predicted molar refractivity (Wildman–Crippen MR) is 59.7 cm³/mol. The Bertz CT molecular complexity index is 292. The van der Waals surface area contributed by atoms with Gasteiger partial charge in [0.25, 0.3) is 0 Å². The van der Waals surface area contributed by atoms with Gasteiger partial charge in [-0.05, 0) is 0 Å². The van der Waals surface area contributed by atoms with Gasteiger partial charge >= 0.3 is 0 Å². The van der Waals surface area contributed by atoms with Gasteiger partial charge in [-0.15, -0.1) is 0 Å². The van der Waals surface area contributed by atoms with Crippen LogP contribution in [0.25, 0.3) is 0 Å². The number of anilines is 1. The molecular weight excluding hydrogens is 210 g/mol. The van der Waals surface area contributed by atoms with Crippen LogP contribution >= 0.6 is 0 Å². The molecular formula is C10H17N3O3. The van der Waals surface area contributed by atoms with Crippen molar-refractivity contribution in [1.29, 1.82) is 0 Å². The summed E-state index contributed by atoms with van der Waals surface area (Å²) in [6.07, 6.45) is 3.19. The topological polar surface area (TPSA) is 65.5 Å². The minimum atomic E-state index is -0.0179. The molecule has 0 spiro atoms. The van der Waals surface area contributed by atoms with Gasteiger partial charge in [0.05, 0.1) is 32.2 Å². The minimum Gasteiger partial charge on any atom is -0.494 e. The monoisotopic (exact) mass is 227 g/mol. The second-order valence-corrected chi connectivity index (χ2v) is 3.14. The SMILES string of the molecule is COCC(CNc1ncc(OC)cn1)OC. The average Bonchev–Trinajstić information content (AvgIpc) is 2.35. The molecule has 0 fully saturated rings. The molecule has 0 aliphatic heterocycles. The van der Waals surface area contributed by atoms with Crippen molar-refractivity contribution in [3.05, 3.63) is 12.4 Å². The molecule has 1 rings (SSSR count). The van der Waals surface area contributed by atoms with Gasteiger partial charge in [0, 0.05) is 20.8 Å². The molecule has 1 unspecified atom stereocenters. The van der Waals surface area contributed by atoms with Gasteiger partial charge in [-0.3, -0.25) is 0 Å². The quantitative estimate of drug-likeness (QED) is 0.734. The fraction of sp³-hybridized carbons (Fsp3) is 0.600. The van der Waals surface area contributed by atoms with Crippen LogP contribution in [0.4, 0.5) is 5.95 Å². The van der Waals surface area contributed by atoms with Crippen molar-refractivity contribution in [3.63, 3.8) is 0 Å². The van der Waals surface area contributed by atoms with Crippen LogP contribution in [0.2, 0.25) is 0 Å². The van der Waals surface area contributed by atoms with Gasteiger partial charge in [-0.1, -0.05) is 0 Å². The molecule has 16 heavy (non-hydrogen) atoms. The summed E-state index contributed by atoms with van der Waals surface area (Å²) in [5.41, 5.74) is 0. The molecule has 0 aromatic carbocycles. The molecule has 0 amide bonds. The van der Waals surface area contributed by atoms with Crippen LogP contribution in [-0.4, -0.2) is 50.6 Å². The maximum atomic E-state index is 5.19. The summed E-state index contributed by atoms with van der Waals surface area (Å²) in [7, 11) is 4.85. The third kappa shape index (κ3) is 4.00. The molecule has 6 heteroatoms. The first-order valence-corrected chi connectivity index (χ1v) is 4.91. The molecule has 6 nitrogen and oxygen atoms in total. The van der Waals surface area contributed by atoms with Gasteiger partial charge in [-0.2, -0.15) is 0 Å². The number of methoxy groups -OCH3 is 3. The van der Waals surface area contributed by atoms with Crippen LogP contribution in [0.3, 0.4) is 0 Å². The summed E-state index contributed by atoms with van der Waals surface area (Å²) in [6.45, 7) is 1.12. The van der Waals surface area contributed by atoms with E-state index in [9.17, 15) is 0 Å². The Labute approximate surface area is 95.0 Å². The van der Waals surface area contributed by atoms with Crippen LogP contribution in [-0.2, 0) is 9.47 Å². The lowest BCUT2D eigenvalue weighted by Gasteiger charge is -2.14. The van der Waals surface area contributed by atoms with E-state index in [1.807, 2.05) is 0 Å². The highest BCUT2D eigenvalue weighted by Crippen LogP contribution is 2.07. The van der Waals surface area contributed by atoms with Gasteiger partial charge in [-0.25, -0.2) is 9.97 Å². The molecule has 90 valence electrons. The van der Waals surface area contributed by atoms with E-state index in [0.29, 0.717) is 24.8 Å². The first kappa shape index (κ1) is 12.7. The molecule has 0 radical (unpaired) electrons. The van der Waals surface area contributed by atoms with Crippen LogP contribution in [0.1, 0.15) is 0 Å². The normalized spacial score (nSPS) is 12.2. The molecule has 0 aliphatic carbocycles. The Kier molecular flexibility index (Phi) is 5.52. The van der Waals surface area contributed by atoms with Crippen molar-refractivity contribution < 1.29 is 14.2 Å². The van der Waals surface area contributed by atoms with E-state index in [1.165, 1.54) is 0 Å². The number of rotatable bonds is 7. The molecule has 0 aliphatic rings. The maximum absolute atomic E-state index is 5.19. The van der Waals surface area contributed by atoms with Crippen molar-refractivity contribution in [3.8, 4) is 5.75 Å². The highest BCUT2D eigenvalue weighted by molar-refractivity contribution is 5.27. The van der Waals surface area contributed by atoms with Crippen LogP contribution in [0, 0.1) is 0 Å². The van der Waals surface area contributed by atoms with Crippen molar-refractivity contribution in [2.45, 2.75) is 6.10 Å². The Morgan fingerprint density at radius 1 is 1.25 bits per heavy atom. The van der Waals surface area contributed by atoms with Gasteiger partial charge in [0.1, 0.15) is 0 Å². The number of aromatic nitrogens is 2. The standard InChI is InChI=1S/C10H17N3O3/c1-14-7-9(16-3)6-13-10-11-4-8(15-2)5-12-10/h4-5,9H,6-7H2,1-3H3,(H,11,12,13). The van der Waals surface area contributed by atoms with Crippen molar-refractivity contribution in [2.24, 2.45) is 0 Å². The molecule has 1 N–H and O–H groups in total. The number of hydrogen-bond donors (Lipinski definition) is 1. The smallest absolute Gasteiger partial charge is 0.222 e. The highest BCUT2D eigenvalue weighted by Gasteiger charge is 2.07. The maximum Gasteiger partial charge on any atom is 0.222 e. The summed E-state index contributed by atoms with van der Waals surface area (Å²) >= 11 is 0. The number of hydrogen-bond acceptors (Lipinski definition) is 6. The first-order chi connectivity index (χ1) is 7.80. The largest absolute Gasteiger partial charge is 0.494 e. The third-order valence-corrected chi connectivity index (χ3v) is 2.04. The van der Waals surface area contributed by atoms with Gasteiger partial charge in [0.15, 0.2) is 5.75 Å². The number of nitrogens with zero attached hydrogens (tertiary/aromatic N) is 2. The summed E-state index contributed by atoms with van der Waals surface area (Å²) in [5, 5.41) is 3.05. The zero-order chi connectivity index (χ0) is 11.8. The Morgan fingerprint density at radius 2 is 1.94 bits per heavy atom. The van der Waals surface area contributed by atoms with Crippen LogP contribution < -0.4 is 10.1 Å². The fourth-order valence-electron chi connectivity index (χ4n) is 1.11. The molecule has 0 saturated carbocycles. The number of ether oxygens (including phenoxy) is 3. The summed E-state index contributed by atoms with van der Waals surface area (Å²) < 4.78 is 15.1. The molecule has 0 saturated heterocycles. The molecule has 0 bridgehead atoms. The fourth-order valence-corrected chi connectivity index (χ4v) is 1.11. The van der Waals surface area contributed by atoms with Crippen LogP contribution in [0.5, 0.6) is 5.75 Å². The molecule has 1 aromatic heterocycles. The minimum absolute atomic E-state index is 0.0179. The second-order valence-electron chi connectivity index (χ2n) is 3.14. The van der Waals surface area contributed by atoms with Crippen molar-refractivity contribution in [2.75, 3.05) is 39.8 Å². The molecule has 1 aromatic rings. The lowest BCUT2D eigenvalue weighted by molar-refractivity contribution is 0.0365. The second kappa shape index (κ2) is 6.97. The van der Waals surface area contributed by atoms with Crippen molar-refractivity contribution in [1.82, 2.24) is 9.97 Å².